The second-order valence-electron chi connectivity index (χ2n) is 9.47. The van der Waals surface area contributed by atoms with Crippen LogP contribution in [0.4, 0.5) is 31.8 Å². The average molecular weight is 579 g/mol. The Bertz CT molecular complexity index is 1360. The van der Waals surface area contributed by atoms with Gasteiger partial charge in [-0.3, -0.25) is 20.2 Å². The molecule has 204 valence electrons. The van der Waals surface area contributed by atoms with Gasteiger partial charge in [0.25, 0.3) is 11.4 Å². The topological polar surface area (TPSA) is 119 Å². The van der Waals surface area contributed by atoms with Gasteiger partial charge in [-0.2, -0.15) is 0 Å². The van der Waals surface area contributed by atoms with Crippen molar-refractivity contribution in [2.24, 2.45) is 0 Å². The average Bonchev–Trinajstić information content (AvgIpc) is 3.33. The zero-order valence-electron chi connectivity index (χ0n) is 20.4. The fraction of sp³-hybridized carbons (Fsp3) is 0.360. The van der Waals surface area contributed by atoms with Gasteiger partial charge in [-0.15, -0.1) is 0 Å². The molecule has 5 rings (SSSR count). The first-order chi connectivity index (χ1) is 18.7. The molecule has 0 aliphatic carbocycles. The summed E-state index contributed by atoms with van der Waals surface area (Å²) in [6.45, 7) is 1.63. The quantitative estimate of drug-likeness (QED) is 0.227. The van der Waals surface area contributed by atoms with Crippen LogP contribution in [0.15, 0.2) is 36.7 Å². The molecular formula is C25H22Cl2F2N6O4. The first-order valence-electron chi connectivity index (χ1n) is 12.3. The maximum Gasteiger partial charge on any atom is 0.288 e. The third-order valence-corrected chi connectivity index (χ3v) is 7.80. The Morgan fingerprint density at radius 1 is 0.795 bits per heavy atom. The highest BCUT2D eigenvalue weighted by Gasteiger charge is 2.40. The van der Waals surface area contributed by atoms with Crippen molar-refractivity contribution < 1.29 is 18.6 Å². The lowest BCUT2D eigenvalue weighted by Gasteiger charge is -2.33. The molecule has 39 heavy (non-hydrogen) atoms. The molecule has 10 nitrogen and oxygen atoms in total. The second-order valence-corrected chi connectivity index (χ2v) is 10.3. The van der Waals surface area contributed by atoms with Gasteiger partial charge in [0.15, 0.2) is 0 Å². The van der Waals surface area contributed by atoms with Crippen LogP contribution in [0, 0.1) is 31.9 Å². The maximum atomic E-state index is 15.2. The van der Waals surface area contributed by atoms with Crippen molar-refractivity contribution in [2.45, 2.75) is 44.2 Å². The number of benzene rings is 2. The van der Waals surface area contributed by atoms with Crippen LogP contribution < -0.4 is 9.80 Å². The lowest BCUT2D eigenvalue weighted by Crippen LogP contribution is -2.31. The van der Waals surface area contributed by atoms with Crippen molar-refractivity contribution >= 4 is 46.2 Å². The van der Waals surface area contributed by atoms with E-state index < -0.39 is 44.9 Å². The molecular weight excluding hydrogens is 557 g/mol. The van der Waals surface area contributed by atoms with Gasteiger partial charge in [-0.1, -0.05) is 23.2 Å². The van der Waals surface area contributed by atoms with Crippen molar-refractivity contribution in [3.05, 3.63) is 89.7 Å². The van der Waals surface area contributed by atoms with Gasteiger partial charge in [0.1, 0.15) is 21.7 Å². The number of nitro benzene ring substituents is 2. The number of piperidine rings is 1. The van der Waals surface area contributed by atoms with Gasteiger partial charge in [0, 0.05) is 36.3 Å². The molecule has 3 heterocycles. The summed E-state index contributed by atoms with van der Waals surface area (Å²) < 4.78 is 30.4. The van der Waals surface area contributed by atoms with Gasteiger partial charge < -0.3 is 9.80 Å². The van der Waals surface area contributed by atoms with E-state index in [9.17, 15) is 20.2 Å². The third-order valence-electron chi connectivity index (χ3n) is 7.19. The molecule has 2 fully saturated rings. The zero-order chi connectivity index (χ0) is 27.8. The Labute approximate surface area is 231 Å². The molecule has 0 radical (unpaired) electrons. The molecule has 14 heteroatoms. The van der Waals surface area contributed by atoms with Crippen LogP contribution in [0.25, 0.3) is 0 Å². The standard InChI is InChI=1S/C25H22Cl2F2N6O4/c26-17-10-19(28)15(8-23(17)34(36)37)21-4-5-22(16-9-24(35(38)39)18(27)11-20(16)29)33(21)14-12-30-25(31-13-14)32-6-2-1-3-7-32/h8-13,21-22H,1-7H2/t21-,22+. The maximum absolute atomic E-state index is 15.2. The molecule has 0 saturated carbocycles. The molecule has 0 N–H and O–H groups in total. The van der Waals surface area contributed by atoms with Crippen LogP contribution in [0.1, 0.15) is 55.3 Å². The summed E-state index contributed by atoms with van der Waals surface area (Å²) in [5, 5.41) is 22.4. The van der Waals surface area contributed by atoms with Gasteiger partial charge >= 0.3 is 0 Å². The Kier molecular flexibility index (Phi) is 7.50. The fourth-order valence-electron chi connectivity index (χ4n) is 5.38. The van der Waals surface area contributed by atoms with E-state index in [0.29, 0.717) is 11.6 Å². The SMILES string of the molecule is O=[N+]([O-])c1cc([C@H]2CC[C@@H](c3cc([N+](=O)[O-])c(Cl)cc3F)N2c2cnc(N3CCCCC3)nc2)c(F)cc1Cl. The largest absolute Gasteiger partial charge is 0.355 e. The van der Waals surface area contributed by atoms with Crippen LogP contribution in [0.2, 0.25) is 10.0 Å². The summed E-state index contributed by atoms with van der Waals surface area (Å²) in [6, 6.07) is 2.30. The highest BCUT2D eigenvalue weighted by molar-refractivity contribution is 6.33. The van der Waals surface area contributed by atoms with E-state index >= 15 is 8.78 Å². The lowest BCUT2D eigenvalue weighted by atomic mass is 10.0. The predicted molar refractivity (Wildman–Crippen MR) is 141 cm³/mol. The predicted octanol–water partition coefficient (Wildman–Crippen LogP) is 6.95. The molecule has 2 aliphatic heterocycles. The van der Waals surface area contributed by atoms with Gasteiger partial charge in [0.05, 0.1) is 40.0 Å². The van der Waals surface area contributed by atoms with Gasteiger partial charge in [-0.25, -0.2) is 18.7 Å². The minimum Gasteiger partial charge on any atom is -0.355 e. The Balaban J connectivity index is 1.61. The van der Waals surface area contributed by atoms with Gasteiger partial charge in [0.2, 0.25) is 5.95 Å². The summed E-state index contributed by atoms with van der Waals surface area (Å²) in [4.78, 5) is 34.3. The fourth-order valence-corrected chi connectivity index (χ4v) is 5.82. The Morgan fingerprint density at radius 2 is 1.26 bits per heavy atom. The summed E-state index contributed by atoms with van der Waals surface area (Å²) in [5.74, 6) is -1.02. The van der Waals surface area contributed by atoms with E-state index in [1.54, 1.807) is 4.90 Å². The number of hydrogen-bond acceptors (Lipinski definition) is 8. The molecule has 0 unspecified atom stereocenters. The van der Waals surface area contributed by atoms with Gasteiger partial charge in [-0.05, 0) is 44.2 Å². The number of nitrogens with zero attached hydrogens (tertiary/aromatic N) is 6. The second kappa shape index (κ2) is 10.9. The van der Waals surface area contributed by atoms with Crippen molar-refractivity contribution in [3.8, 4) is 0 Å². The van der Waals surface area contributed by atoms with Crippen molar-refractivity contribution in [1.29, 1.82) is 0 Å². The number of rotatable bonds is 6. The van der Waals surface area contributed by atoms with Crippen LogP contribution in [0.5, 0.6) is 0 Å². The number of aromatic nitrogens is 2. The van der Waals surface area contributed by atoms with E-state index in [2.05, 4.69) is 14.9 Å². The van der Waals surface area contributed by atoms with Crippen LogP contribution >= 0.6 is 23.2 Å². The van der Waals surface area contributed by atoms with Crippen molar-refractivity contribution in [3.63, 3.8) is 0 Å². The highest BCUT2D eigenvalue weighted by atomic mass is 35.5. The van der Waals surface area contributed by atoms with Crippen molar-refractivity contribution in [1.82, 2.24) is 9.97 Å². The summed E-state index contributed by atoms with van der Waals surface area (Å²) >= 11 is 11.8. The molecule has 2 aliphatic rings. The molecule has 3 aromatic rings. The normalized spacial score (nSPS) is 19.4. The summed E-state index contributed by atoms with van der Waals surface area (Å²) in [5.41, 5.74) is -0.574. The molecule has 2 atom stereocenters. The van der Waals surface area contributed by atoms with Crippen molar-refractivity contribution in [2.75, 3.05) is 22.9 Å². The molecule has 0 amide bonds. The number of halogens is 4. The summed E-state index contributed by atoms with van der Waals surface area (Å²) in [6.07, 6.45) is 6.74. The molecule has 0 bridgehead atoms. The third kappa shape index (κ3) is 5.18. The van der Waals surface area contributed by atoms with Crippen LogP contribution in [0.3, 0.4) is 0 Å². The summed E-state index contributed by atoms with van der Waals surface area (Å²) in [7, 11) is 0. The molecule has 0 spiro atoms. The smallest absolute Gasteiger partial charge is 0.288 e. The zero-order valence-corrected chi connectivity index (χ0v) is 21.9. The Hall–Kier alpha value is -3.64. The van der Waals surface area contributed by atoms with E-state index in [4.69, 9.17) is 23.2 Å². The number of hydrogen-bond donors (Lipinski definition) is 0. The monoisotopic (exact) mass is 578 g/mol. The Morgan fingerprint density at radius 3 is 1.69 bits per heavy atom. The van der Waals surface area contributed by atoms with Crippen LogP contribution in [-0.4, -0.2) is 32.9 Å². The minimum absolute atomic E-state index is 0.0161. The van der Waals surface area contributed by atoms with E-state index in [1.807, 2.05) is 0 Å². The molecule has 1 aromatic heterocycles. The van der Waals surface area contributed by atoms with Crippen LogP contribution in [-0.2, 0) is 0 Å². The number of anilines is 2. The molecule has 2 saturated heterocycles. The minimum atomic E-state index is -0.801. The van der Waals surface area contributed by atoms with E-state index in [-0.39, 0.29) is 34.0 Å². The molecule has 2 aromatic carbocycles. The first kappa shape index (κ1) is 26.9. The van der Waals surface area contributed by atoms with E-state index in [1.165, 1.54) is 12.4 Å². The number of nitro groups is 2. The first-order valence-corrected chi connectivity index (χ1v) is 13.0. The van der Waals surface area contributed by atoms with E-state index in [0.717, 1.165) is 56.6 Å². The highest BCUT2D eigenvalue weighted by Crippen LogP contribution is 2.49. The lowest BCUT2D eigenvalue weighted by molar-refractivity contribution is -0.384.